The van der Waals surface area contributed by atoms with Crippen molar-refractivity contribution in [2.75, 3.05) is 0 Å². The molecule has 0 unspecified atom stereocenters. The normalized spacial score (nSPS) is 12.7. The smallest absolute Gasteiger partial charge is 0.332 e. The fraction of sp³-hybridized carbons (Fsp3) is 0.308. The summed E-state index contributed by atoms with van der Waals surface area (Å²) in [4.78, 5) is 26.4. The van der Waals surface area contributed by atoms with Crippen molar-refractivity contribution in [2.45, 2.75) is 26.4 Å². The molecule has 0 aromatic heterocycles. The van der Waals surface area contributed by atoms with Gasteiger partial charge in [-0.1, -0.05) is 29.4 Å². The molecule has 0 radical (unpaired) electrons. The fourth-order valence-corrected chi connectivity index (χ4v) is 1.31. The maximum atomic E-state index is 11.3. The number of nitrogens with two attached hydrogens (primary N) is 2. The Morgan fingerprint density at radius 1 is 1.35 bits per heavy atom. The number of nitrogens with zero attached hydrogens (tertiary/aromatic N) is 1. The zero-order chi connectivity index (χ0) is 15.1. The van der Waals surface area contributed by atoms with E-state index in [1.807, 2.05) is 0 Å². The molecule has 0 spiro atoms. The lowest BCUT2D eigenvalue weighted by molar-refractivity contribution is -0.140. The first kappa shape index (κ1) is 15.6. The number of nitrogens with one attached hydrogen (secondary N) is 1. The van der Waals surface area contributed by atoms with Crippen LogP contribution in [0.5, 0.6) is 0 Å². The van der Waals surface area contributed by atoms with Crippen molar-refractivity contribution in [1.29, 1.82) is 0 Å². The number of carbonyl (C=O) groups excluding carboxylic acids is 2. The van der Waals surface area contributed by atoms with Crippen LogP contribution in [-0.2, 0) is 21.0 Å². The molecule has 0 aliphatic heterocycles. The van der Waals surface area contributed by atoms with Crippen molar-refractivity contribution in [3.63, 3.8) is 0 Å². The summed E-state index contributed by atoms with van der Waals surface area (Å²) in [5.74, 6) is -0.653. The van der Waals surface area contributed by atoms with Crippen molar-refractivity contribution < 1.29 is 14.4 Å². The Labute approximate surface area is 117 Å². The van der Waals surface area contributed by atoms with E-state index >= 15 is 0 Å². The zero-order valence-electron chi connectivity index (χ0n) is 11.4. The Morgan fingerprint density at radius 3 is 2.45 bits per heavy atom. The monoisotopic (exact) mass is 278 g/mol. The van der Waals surface area contributed by atoms with Gasteiger partial charge in [0.1, 0.15) is 0 Å². The predicted molar refractivity (Wildman–Crippen MR) is 74.4 cm³/mol. The Balaban J connectivity index is 2.62. The summed E-state index contributed by atoms with van der Waals surface area (Å²) in [6.07, 6.45) is 0. The second-order valence-electron chi connectivity index (χ2n) is 4.26. The van der Waals surface area contributed by atoms with Gasteiger partial charge in [0.25, 0.3) is 0 Å². The Kier molecular flexibility index (Phi) is 5.67. The molecule has 20 heavy (non-hydrogen) atoms. The number of benzene rings is 1. The SMILES string of the molecule is CC(=O)O/N=C(\N)c1ccc(CNC(=O)[C@H](C)N)cc1. The van der Waals surface area contributed by atoms with Gasteiger partial charge in [0.15, 0.2) is 5.84 Å². The first-order valence-corrected chi connectivity index (χ1v) is 6.04. The van der Waals surface area contributed by atoms with Crippen LogP contribution in [-0.4, -0.2) is 23.8 Å². The average molecular weight is 278 g/mol. The third kappa shape index (κ3) is 5.07. The van der Waals surface area contributed by atoms with E-state index in [9.17, 15) is 9.59 Å². The van der Waals surface area contributed by atoms with Gasteiger partial charge in [-0.05, 0) is 12.5 Å². The quantitative estimate of drug-likeness (QED) is 0.299. The van der Waals surface area contributed by atoms with Crippen LogP contribution in [0.2, 0.25) is 0 Å². The maximum absolute atomic E-state index is 11.3. The van der Waals surface area contributed by atoms with Gasteiger partial charge in [-0.25, -0.2) is 4.79 Å². The molecule has 0 aliphatic carbocycles. The van der Waals surface area contributed by atoms with Gasteiger partial charge in [-0.2, -0.15) is 0 Å². The highest BCUT2D eigenvalue weighted by Crippen LogP contribution is 2.04. The third-order valence-corrected chi connectivity index (χ3v) is 2.40. The number of amides is 1. The summed E-state index contributed by atoms with van der Waals surface area (Å²) in [6.45, 7) is 3.23. The first-order chi connectivity index (χ1) is 9.40. The lowest BCUT2D eigenvalue weighted by Gasteiger charge is -2.08. The molecule has 0 bridgehead atoms. The number of rotatable bonds is 5. The highest BCUT2D eigenvalue weighted by atomic mass is 16.7. The molecule has 5 N–H and O–H groups in total. The standard InChI is InChI=1S/C13H18N4O3/c1-8(14)13(19)16-7-10-3-5-11(6-4-10)12(15)17-20-9(2)18/h3-6,8H,7,14H2,1-2H3,(H2,15,17)(H,16,19)/t8-/m0/s1. The summed E-state index contributed by atoms with van der Waals surface area (Å²) in [5, 5.41) is 6.17. The van der Waals surface area contributed by atoms with Crippen molar-refractivity contribution >= 4 is 17.7 Å². The van der Waals surface area contributed by atoms with Gasteiger partial charge >= 0.3 is 5.97 Å². The average Bonchev–Trinajstić information content (AvgIpc) is 2.42. The van der Waals surface area contributed by atoms with Crippen molar-refractivity contribution in [3.05, 3.63) is 35.4 Å². The van der Waals surface area contributed by atoms with E-state index in [0.717, 1.165) is 5.56 Å². The Bertz CT molecular complexity index is 509. The van der Waals surface area contributed by atoms with Crippen LogP contribution in [0.1, 0.15) is 25.0 Å². The molecule has 1 aromatic rings. The van der Waals surface area contributed by atoms with E-state index in [0.29, 0.717) is 12.1 Å². The fourth-order valence-electron chi connectivity index (χ4n) is 1.31. The molecule has 0 saturated carbocycles. The van der Waals surface area contributed by atoms with Crippen LogP contribution in [0.15, 0.2) is 29.4 Å². The van der Waals surface area contributed by atoms with Gasteiger partial charge < -0.3 is 21.6 Å². The zero-order valence-corrected chi connectivity index (χ0v) is 11.4. The number of hydrogen-bond acceptors (Lipinski definition) is 5. The summed E-state index contributed by atoms with van der Waals surface area (Å²) in [7, 11) is 0. The van der Waals surface area contributed by atoms with Crippen LogP contribution in [0.25, 0.3) is 0 Å². The first-order valence-electron chi connectivity index (χ1n) is 6.04. The lowest BCUT2D eigenvalue weighted by atomic mass is 10.1. The van der Waals surface area contributed by atoms with E-state index in [1.54, 1.807) is 31.2 Å². The molecule has 0 fully saturated rings. The molecule has 0 aliphatic rings. The van der Waals surface area contributed by atoms with E-state index in [2.05, 4.69) is 15.3 Å². The van der Waals surface area contributed by atoms with Gasteiger partial charge in [-0.15, -0.1) is 0 Å². The number of carbonyl (C=O) groups is 2. The van der Waals surface area contributed by atoms with Gasteiger partial charge in [0.2, 0.25) is 5.91 Å². The van der Waals surface area contributed by atoms with Crippen LogP contribution in [0.4, 0.5) is 0 Å². The van der Waals surface area contributed by atoms with Crippen LogP contribution in [0, 0.1) is 0 Å². The highest BCUT2D eigenvalue weighted by molar-refractivity contribution is 5.97. The number of oxime groups is 1. The van der Waals surface area contributed by atoms with Crippen molar-refractivity contribution in [1.82, 2.24) is 5.32 Å². The Hall–Kier alpha value is -2.41. The number of amidine groups is 1. The maximum Gasteiger partial charge on any atom is 0.332 e. The molecule has 1 rings (SSSR count). The van der Waals surface area contributed by atoms with E-state index in [4.69, 9.17) is 11.5 Å². The molecule has 1 amide bonds. The molecule has 1 aromatic carbocycles. The molecule has 108 valence electrons. The second kappa shape index (κ2) is 7.25. The minimum Gasteiger partial charge on any atom is -0.380 e. The van der Waals surface area contributed by atoms with E-state index in [-0.39, 0.29) is 11.7 Å². The van der Waals surface area contributed by atoms with Crippen molar-refractivity contribution in [3.8, 4) is 0 Å². The summed E-state index contributed by atoms with van der Waals surface area (Å²) in [6, 6.07) is 6.46. The van der Waals surface area contributed by atoms with Gasteiger partial charge in [0, 0.05) is 19.0 Å². The molecule has 0 saturated heterocycles. The van der Waals surface area contributed by atoms with E-state index in [1.165, 1.54) is 6.92 Å². The van der Waals surface area contributed by atoms with Crippen LogP contribution < -0.4 is 16.8 Å². The third-order valence-electron chi connectivity index (χ3n) is 2.40. The lowest BCUT2D eigenvalue weighted by Crippen LogP contribution is -2.37. The summed E-state index contributed by atoms with van der Waals surface area (Å²) in [5.41, 5.74) is 12.6. The molecule has 0 heterocycles. The minimum atomic E-state index is -0.541. The predicted octanol–water partition coefficient (Wildman–Crippen LogP) is -0.167. The van der Waals surface area contributed by atoms with Gasteiger partial charge in [-0.3, -0.25) is 4.79 Å². The topological polar surface area (TPSA) is 120 Å². The Morgan fingerprint density at radius 2 is 1.95 bits per heavy atom. The molecule has 7 heteroatoms. The summed E-state index contributed by atoms with van der Waals surface area (Å²) < 4.78 is 0. The summed E-state index contributed by atoms with van der Waals surface area (Å²) >= 11 is 0. The van der Waals surface area contributed by atoms with E-state index < -0.39 is 12.0 Å². The molecular weight excluding hydrogens is 260 g/mol. The molecule has 1 atom stereocenters. The minimum absolute atomic E-state index is 0.103. The second-order valence-corrected chi connectivity index (χ2v) is 4.26. The van der Waals surface area contributed by atoms with Crippen LogP contribution in [0.3, 0.4) is 0 Å². The highest BCUT2D eigenvalue weighted by Gasteiger charge is 2.06. The largest absolute Gasteiger partial charge is 0.380 e. The van der Waals surface area contributed by atoms with Crippen molar-refractivity contribution in [2.24, 2.45) is 16.6 Å². The number of hydrogen-bond donors (Lipinski definition) is 3. The van der Waals surface area contributed by atoms with Gasteiger partial charge in [0.05, 0.1) is 6.04 Å². The molecular formula is C13H18N4O3. The molecule has 7 nitrogen and oxygen atoms in total. The van der Waals surface area contributed by atoms with Crippen LogP contribution >= 0.6 is 0 Å².